The van der Waals surface area contributed by atoms with Gasteiger partial charge in [-0.05, 0) is 12.0 Å². The van der Waals surface area contributed by atoms with Gasteiger partial charge in [0.2, 0.25) is 17.7 Å². The molecule has 1 unspecified atom stereocenters. The number of amides is 3. The maximum atomic E-state index is 13.0. The van der Waals surface area contributed by atoms with E-state index in [1.807, 2.05) is 0 Å². The number of benzene rings is 1. The standard InChI is InChI=1S/C17H18F3N5O5/c18-17(19,20)16(24-25-16)10-3-1-9(2-4-10)7-13(27)23-11(5-6-12(21)26)15(30)22-8-14(28)29/h1-4,11H,5-8H2,(H2,21,26)(H,22,30)(H,23,27)(H,28,29). The van der Waals surface area contributed by atoms with Gasteiger partial charge in [0.1, 0.15) is 12.6 Å². The predicted octanol–water partition coefficient (Wildman–Crippen LogP) is 0.361. The summed E-state index contributed by atoms with van der Waals surface area (Å²) in [6.07, 6.45) is -5.31. The van der Waals surface area contributed by atoms with Crippen molar-refractivity contribution in [2.45, 2.75) is 37.1 Å². The Balaban J connectivity index is 1.99. The first kappa shape index (κ1) is 22.8. The van der Waals surface area contributed by atoms with E-state index in [-0.39, 0.29) is 24.8 Å². The summed E-state index contributed by atoms with van der Waals surface area (Å²) < 4.78 is 39.0. The molecule has 5 N–H and O–H groups in total. The van der Waals surface area contributed by atoms with Crippen LogP contribution < -0.4 is 16.4 Å². The second kappa shape index (κ2) is 8.88. The summed E-state index contributed by atoms with van der Waals surface area (Å²) in [4.78, 5) is 45.8. The Kier molecular flexibility index (Phi) is 6.74. The van der Waals surface area contributed by atoms with Crippen LogP contribution in [0.4, 0.5) is 13.2 Å². The number of hydrogen-bond donors (Lipinski definition) is 4. The molecule has 2 rings (SSSR count). The van der Waals surface area contributed by atoms with Crippen LogP contribution in [0.15, 0.2) is 34.5 Å². The summed E-state index contributed by atoms with van der Waals surface area (Å²) in [5.41, 5.74) is 2.64. The zero-order valence-electron chi connectivity index (χ0n) is 15.4. The maximum absolute atomic E-state index is 13.0. The van der Waals surface area contributed by atoms with Gasteiger partial charge >= 0.3 is 17.8 Å². The third-order valence-corrected chi connectivity index (χ3v) is 4.16. The topological polar surface area (TPSA) is 163 Å². The summed E-state index contributed by atoms with van der Waals surface area (Å²) in [6.45, 7) is -0.680. The van der Waals surface area contributed by atoms with Gasteiger partial charge in [0.25, 0.3) is 0 Å². The third kappa shape index (κ3) is 5.75. The van der Waals surface area contributed by atoms with E-state index in [4.69, 9.17) is 10.8 Å². The molecule has 0 saturated heterocycles. The second-order valence-electron chi connectivity index (χ2n) is 6.48. The van der Waals surface area contributed by atoms with Crippen molar-refractivity contribution in [2.75, 3.05) is 6.54 Å². The molecule has 10 nitrogen and oxygen atoms in total. The van der Waals surface area contributed by atoms with Crippen molar-refractivity contribution in [3.63, 3.8) is 0 Å². The van der Waals surface area contributed by atoms with Crippen LogP contribution in [-0.4, -0.2) is 47.6 Å². The average molecular weight is 429 g/mol. The van der Waals surface area contributed by atoms with E-state index in [1.165, 1.54) is 12.1 Å². The van der Waals surface area contributed by atoms with Crippen molar-refractivity contribution >= 4 is 23.7 Å². The number of aliphatic carboxylic acids is 1. The van der Waals surface area contributed by atoms with E-state index >= 15 is 0 Å². The van der Waals surface area contributed by atoms with Crippen LogP contribution in [0.25, 0.3) is 0 Å². The minimum Gasteiger partial charge on any atom is -0.480 e. The van der Waals surface area contributed by atoms with Crippen molar-refractivity contribution in [3.8, 4) is 0 Å². The summed E-state index contributed by atoms with van der Waals surface area (Å²) in [7, 11) is 0. The quantitative estimate of drug-likeness (QED) is 0.421. The van der Waals surface area contributed by atoms with Gasteiger partial charge in [-0.3, -0.25) is 19.2 Å². The van der Waals surface area contributed by atoms with Crippen LogP contribution >= 0.6 is 0 Å². The fourth-order valence-electron chi connectivity index (χ4n) is 2.57. The predicted molar refractivity (Wildman–Crippen MR) is 93.7 cm³/mol. The van der Waals surface area contributed by atoms with Gasteiger partial charge in [-0.1, -0.05) is 24.3 Å². The number of nitrogens with zero attached hydrogens (tertiary/aromatic N) is 2. The van der Waals surface area contributed by atoms with E-state index in [0.717, 1.165) is 12.1 Å². The number of nitrogens with two attached hydrogens (primary N) is 1. The number of rotatable bonds is 10. The summed E-state index contributed by atoms with van der Waals surface area (Å²) in [6, 6.07) is 3.70. The molecule has 1 aliphatic heterocycles. The molecule has 0 saturated carbocycles. The van der Waals surface area contributed by atoms with Gasteiger partial charge in [0.15, 0.2) is 0 Å². The number of carboxylic acid groups (broad SMARTS) is 1. The Morgan fingerprint density at radius 1 is 1.13 bits per heavy atom. The molecule has 1 heterocycles. The van der Waals surface area contributed by atoms with Crippen LogP contribution in [0.3, 0.4) is 0 Å². The van der Waals surface area contributed by atoms with E-state index in [1.54, 1.807) is 0 Å². The maximum Gasteiger partial charge on any atom is 0.442 e. The molecule has 1 aromatic rings. The first-order valence-electron chi connectivity index (χ1n) is 8.62. The van der Waals surface area contributed by atoms with Crippen LogP contribution in [0, 0.1) is 0 Å². The molecule has 13 heteroatoms. The van der Waals surface area contributed by atoms with Gasteiger partial charge in [-0.2, -0.15) is 13.2 Å². The lowest BCUT2D eigenvalue weighted by Gasteiger charge is -2.18. The Bertz CT molecular complexity index is 864. The second-order valence-corrected chi connectivity index (χ2v) is 6.48. The average Bonchev–Trinajstić information content (AvgIpc) is 3.45. The van der Waals surface area contributed by atoms with Crippen LogP contribution in [0.5, 0.6) is 0 Å². The smallest absolute Gasteiger partial charge is 0.442 e. The lowest BCUT2D eigenvalue weighted by atomic mass is 10.00. The highest BCUT2D eigenvalue weighted by atomic mass is 19.4. The Labute approximate surface area is 167 Å². The van der Waals surface area contributed by atoms with Crippen LogP contribution in [0.1, 0.15) is 24.0 Å². The highest BCUT2D eigenvalue weighted by molar-refractivity contribution is 5.90. The van der Waals surface area contributed by atoms with E-state index in [0.29, 0.717) is 5.56 Å². The molecule has 1 aliphatic rings. The summed E-state index contributed by atoms with van der Waals surface area (Å²) in [5, 5.41) is 19.2. The van der Waals surface area contributed by atoms with Crippen molar-refractivity contribution in [2.24, 2.45) is 16.0 Å². The fraction of sp³-hybridized carbons (Fsp3) is 0.412. The van der Waals surface area contributed by atoms with E-state index < -0.39 is 48.1 Å². The number of alkyl halides is 3. The van der Waals surface area contributed by atoms with Crippen molar-refractivity contribution < 1.29 is 37.5 Å². The Morgan fingerprint density at radius 2 is 1.73 bits per heavy atom. The Morgan fingerprint density at radius 3 is 2.20 bits per heavy atom. The molecule has 0 aliphatic carbocycles. The zero-order chi connectivity index (χ0) is 22.5. The van der Waals surface area contributed by atoms with Gasteiger partial charge in [0.05, 0.1) is 6.42 Å². The van der Waals surface area contributed by atoms with Crippen LogP contribution in [0.2, 0.25) is 0 Å². The van der Waals surface area contributed by atoms with Crippen molar-refractivity contribution in [3.05, 3.63) is 35.4 Å². The fourth-order valence-corrected chi connectivity index (χ4v) is 2.57. The molecule has 0 bridgehead atoms. The highest BCUT2D eigenvalue weighted by Crippen LogP contribution is 2.52. The van der Waals surface area contributed by atoms with Crippen molar-refractivity contribution in [1.82, 2.24) is 10.6 Å². The first-order chi connectivity index (χ1) is 13.9. The monoisotopic (exact) mass is 429 g/mol. The minimum absolute atomic E-state index is 0.150. The molecular weight excluding hydrogens is 411 g/mol. The largest absolute Gasteiger partial charge is 0.480 e. The molecule has 30 heavy (non-hydrogen) atoms. The highest BCUT2D eigenvalue weighted by Gasteiger charge is 2.65. The molecule has 0 spiro atoms. The number of hydrogen-bond acceptors (Lipinski definition) is 6. The van der Waals surface area contributed by atoms with Gasteiger partial charge < -0.3 is 21.5 Å². The molecule has 1 atom stereocenters. The molecule has 0 fully saturated rings. The number of carbonyl (C=O) groups is 4. The van der Waals surface area contributed by atoms with Gasteiger partial charge in [0, 0.05) is 12.0 Å². The lowest BCUT2D eigenvalue weighted by Crippen LogP contribution is -2.48. The van der Waals surface area contributed by atoms with Crippen LogP contribution in [-0.2, 0) is 31.3 Å². The van der Waals surface area contributed by atoms with E-state index in [2.05, 4.69) is 20.9 Å². The zero-order valence-corrected chi connectivity index (χ0v) is 15.4. The molecule has 3 amide bonds. The molecule has 0 radical (unpaired) electrons. The summed E-state index contributed by atoms with van der Waals surface area (Å²) >= 11 is 0. The molecular formula is C17H18F3N5O5. The summed E-state index contributed by atoms with van der Waals surface area (Å²) in [5.74, 6) is -3.49. The number of carboxylic acids is 1. The molecule has 162 valence electrons. The molecule has 1 aromatic carbocycles. The van der Waals surface area contributed by atoms with Gasteiger partial charge in [-0.15, -0.1) is 10.2 Å². The van der Waals surface area contributed by atoms with E-state index in [9.17, 15) is 32.3 Å². The number of nitrogens with one attached hydrogen (secondary N) is 2. The third-order valence-electron chi connectivity index (χ3n) is 4.16. The number of primary amides is 1. The Hall–Kier alpha value is -3.51. The minimum atomic E-state index is -4.66. The first-order valence-corrected chi connectivity index (χ1v) is 8.62. The number of halogens is 3. The lowest BCUT2D eigenvalue weighted by molar-refractivity contribution is -0.166. The SMILES string of the molecule is NC(=O)CCC(NC(=O)Cc1ccc(C2(C(F)(F)F)N=N2)cc1)C(=O)NCC(=O)O. The van der Waals surface area contributed by atoms with Gasteiger partial charge in [-0.25, -0.2) is 0 Å². The van der Waals surface area contributed by atoms with Crippen molar-refractivity contribution in [1.29, 1.82) is 0 Å². The normalized spacial score (nSPS) is 15.2. The number of carbonyl (C=O) groups excluding carboxylic acids is 3. The molecule has 0 aromatic heterocycles.